The van der Waals surface area contributed by atoms with Gasteiger partial charge in [0.15, 0.2) is 0 Å². The summed E-state index contributed by atoms with van der Waals surface area (Å²) in [5.41, 5.74) is 0. The fourth-order valence-electron chi connectivity index (χ4n) is 0.416. The quantitative estimate of drug-likeness (QED) is 0.190. The molecular weight excluding hydrogens is 636 g/mol. The van der Waals surface area contributed by atoms with E-state index < -0.39 is 0 Å². The van der Waals surface area contributed by atoms with E-state index in [1.807, 2.05) is 6.92 Å². The van der Waals surface area contributed by atoms with Crippen molar-refractivity contribution < 1.29 is 0 Å². The van der Waals surface area contributed by atoms with E-state index in [1.165, 1.54) is 32.1 Å². The molecule has 0 saturated heterocycles. The van der Waals surface area contributed by atoms with Crippen molar-refractivity contribution in [1.29, 1.82) is 0 Å². The monoisotopic (exact) mass is 658 g/mol. The van der Waals surface area contributed by atoms with E-state index in [-0.39, 0.29) is 0 Å². The number of unbranched alkanes of at least 4 members (excludes halogenated alkanes) is 2. The van der Waals surface area contributed by atoms with Crippen molar-refractivity contribution in [2.24, 2.45) is 0 Å². The van der Waals surface area contributed by atoms with E-state index >= 15 is 0 Å². The molecule has 0 radical (unpaired) electrons. The fourth-order valence-corrected chi connectivity index (χ4v) is 2.52. The lowest BCUT2D eigenvalue weighted by Gasteiger charge is -1.88. The summed E-state index contributed by atoms with van der Waals surface area (Å²) in [6.07, 6.45) is 6.42. The van der Waals surface area contributed by atoms with Crippen molar-refractivity contribution in [3.63, 3.8) is 0 Å². The first kappa shape index (κ1) is 29.8. The average Bonchev–Trinajstić information content (AvgIpc) is 2.42. The van der Waals surface area contributed by atoms with Gasteiger partial charge in [-0.25, -0.2) is 0 Å². The molecule has 0 aliphatic rings. The third-order valence-corrected chi connectivity index (χ3v) is 4.26. The molecule has 0 aliphatic heterocycles. The summed E-state index contributed by atoms with van der Waals surface area (Å²) in [5.74, 6) is 0. The Morgan fingerprint density at radius 3 is 0.842 bits per heavy atom. The Morgan fingerprint density at radius 2 is 0.737 bits per heavy atom. The average molecular weight is 664 g/mol. The van der Waals surface area contributed by atoms with Crippen LogP contribution in [-0.2, 0) is 0 Å². The second kappa shape index (κ2) is 42.8. The molecule has 0 unspecified atom stereocenters. The molecule has 0 bridgehead atoms. The van der Waals surface area contributed by atoms with E-state index in [0.717, 1.165) is 32.0 Å². The van der Waals surface area contributed by atoms with E-state index in [4.69, 9.17) is 0 Å². The van der Waals surface area contributed by atoms with Gasteiger partial charge in [-0.15, -0.1) is 0 Å². The molecule has 6 heteroatoms. The van der Waals surface area contributed by atoms with E-state index in [1.54, 1.807) is 0 Å². The highest BCUT2D eigenvalue weighted by molar-refractivity contribution is 9.10. The Morgan fingerprint density at radius 1 is 0.474 bits per heavy atom. The topological polar surface area (TPSA) is 0 Å². The molecule has 19 heavy (non-hydrogen) atoms. The molecular formula is C13H28Br6. The maximum Gasteiger partial charge on any atom is 0.00392 e. The zero-order valence-electron chi connectivity index (χ0n) is 12.0. The van der Waals surface area contributed by atoms with Crippen LogP contribution in [0.25, 0.3) is 0 Å². The molecule has 0 aliphatic carbocycles. The van der Waals surface area contributed by atoms with Gasteiger partial charge in [0.25, 0.3) is 0 Å². The van der Waals surface area contributed by atoms with Gasteiger partial charge in [-0.2, -0.15) is 0 Å². The molecule has 0 fully saturated rings. The highest BCUT2D eigenvalue weighted by atomic mass is 79.9. The molecule has 0 saturated carbocycles. The van der Waals surface area contributed by atoms with Gasteiger partial charge in [0.1, 0.15) is 0 Å². The third-order valence-electron chi connectivity index (χ3n) is 1.22. The van der Waals surface area contributed by atoms with Crippen LogP contribution in [-0.4, -0.2) is 32.0 Å². The maximum absolute atomic E-state index is 3.36. The van der Waals surface area contributed by atoms with E-state index in [2.05, 4.69) is 103 Å². The summed E-state index contributed by atoms with van der Waals surface area (Å²) in [7, 11) is 0. The molecule has 0 nitrogen and oxygen atoms in total. The van der Waals surface area contributed by atoms with E-state index in [0.29, 0.717) is 0 Å². The van der Waals surface area contributed by atoms with Crippen LogP contribution in [0.5, 0.6) is 0 Å². The molecule has 122 valence electrons. The van der Waals surface area contributed by atoms with Gasteiger partial charge in [0.05, 0.1) is 0 Å². The lowest BCUT2D eigenvalue weighted by molar-refractivity contribution is 0.792. The van der Waals surface area contributed by atoms with Gasteiger partial charge < -0.3 is 0 Å². The second-order valence-corrected chi connectivity index (χ2v) is 8.21. The third kappa shape index (κ3) is 76.2. The number of alkyl halides is 6. The Kier molecular flexibility index (Phi) is 67.3. The SMILES string of the molecule is BrCCCBr.BrCCCCCBr.CCBr.CCCBr. The fraction of sp³-hybridized carbons (Fsp3) is 1.00. The second-order valence-electron chi connectivity index (χ2n) is 3.13. The van der Waals surface area contributed by atoms with Crippen LogP contribution in [0.2, 0.25) is 0 Å². The minimum atomic E-state index is 1.06. The highest BCUT2D eigenvalue weighted by Gasteiger charge is 1.81. The van der Waals surface area contributed by atoms with Crippen LogP contribution in [0.4, 0.5) is 0 Å². The Hall–Kier alpha value is 2.88. The van der Waals surface area contributed by atoms with Crippen LogP contribution in [0.15, 0.2) is 0 Å². The van der Waals surface area contributed by atoms with Gasteiger partial charge in [0.2, 0.25) is 0 Å². The Bertz CT molecular complexity index is 85.2. The molecule has 0 spiro atoms. The number of hydrogen-bond donors (Lipinski definition) is 0. The molecule has 0 amide bonds. The summed E-state index contributed by atoms with van der Waals surface area (Å²) >= 11 is 19.7. The van der Waals surface area contributed by atoms with Gasteiger partial charge in [-0.1, -0.05) is 116 Å². The normalized spacial score (nSPS) is 8.21. The molecule has 0 aromatic rings. The Balaban J connectivity index is -0.0000000833. The minimum Gasteiger partial charge on any atom is -0.0931 e. The van der Waals surface area contributed by atoms with Crippen molar-refractivity contribution in [2.75, 3.05) is 32.0 Å². The summed E-state index contributed by atoms with van der Waals surface area (Å²) in [6.45, 7) is 4.18. The maximum atomic E-state index is 3.36. The first-order valence-corrected chi connectivity index (χ1v) is 13.2. The van der Waals surface area contributed by atoms with Crippen LogP contribution >= 0.6 is 95.6 Å². The number of rotatable bonds is 7. The van der Waals surface area contributed by atoms with Crippen molar-refractivity contribution >= 4 is 95.6 Å². The molecule has 0 aromatic heterocycles. The van der Waals surface area contributed by atoms with Crippen LogP contribution in [0, 0.1) is 0 Å². The summed E-state index contributed by atoms with van der Waals surface area (Å²) in [5, 5.41) is 6.72. The van der Waals surface area contributed by atoms with Crippen LogP contribution < -0.4 is 0 Å². The zero-order chi connectivity index (χ0) is 15.8. The minimum absolute atomic E-state index is 1.06. The van der Waals surface area contributed by atoms with E-state index in [9.17, 15) is 0 Å². The number of hydrogen-bond acceptors (Lipinski definition) is 0. The first-order chi connectivity index (χ1) is 9.16. The van der Waals surface area contributed by atoms with Gasteiger partial charge in [0, 0.05) is 32.0 Å². The van der Waals surface area contributed by atoms with Gasteiger partial charge >= 0.3 is 0 Å². The summed E-state index contributed by atoms with van der Waals surface area (Å²) < 4.78 is 0. The van der Waals surface area contributed by atoms with Crippen molar-refractivity contribution in [3.05, 3.63) is 0 Å². The standard InChI is InChI=1S/C5H10Br2.C3H6Br2.C3H7Br.C2H5Br/c6-4-2-1-3-5-7;4-2-1-3-5;1-2-3-4;1-2-3/h1-5H2;1-3H2;2-3H2,1H3;2H2,1H3. The van der Waals surface area contributed by atoms with Gasteiger partial charge in [-0.05, 0) is 25.7 Å². The van der Waals surface area contributed by atoms with Crippen LogP contribution in [0.3, 0.4) is 0 Å². The first-order valence-electron chi connectivity index (χ1n) is 6.52. The summed E-state index contributed by atoms with van der Waals surface area (Å²) in [4.78, 5) is 0. The lowest BCUT2D eigenvalue weighted by atomic mass is 10.3. The highest BCUT2D eigenvalue weighted by Crippen LogP contribution is 1.99. The molecule has 0 atom stereocenters. The molecule has 0 rings (SSSR count). The van der Waals surface area contributed by atoms with Gasteiger partial charge in [-0.3, -0.25) is 0 Å². The molecule has 0 N–H and O–H groups in total. The van der Waals surface area contributed by atoms with Crippen molar-refractivity contribution in [2.45, 2.75) is 46.0 Å². The predicted molar refractivity (Wildman–Crippen MR) is 117 cm³/mol. The van der Waals surface area contributed by atoms with Crippen molar-refractivity contribution in [3.8, 4) is 0 Å². The lowest BCUT2D eigenvalue weighted by Crippen LogP contribution is -1.76. The summed E-state index contributed by atoms with van der Waals surface area (Å²) in [6, 6.07) is 0. The smallest absolute Gasteiger partial charge is 0.00392 e. The van der Waals surface area contributed by atoms with Crippen molar-refractivity contribution in [1.82, 2.24) is 0 Å². The zero-order valence-corrected chi connectivity index (χ0v) is 21.6. The largest absolute Gasteiger partial charge is 0.0931 e. The molecule has 0 heterocycles. The predicted octanol–water partition coefficient (Wildman–Crippen LogP) is 8.31. The number of halogens is 6. The van der Waals surface area contributed by atoms with Crippen LogP contribution in [0.1, 0.15) is 46.0 Å². The Labute approximate surface area is 171 Å². The molecule has 0 aromatic carbocycles.